The third-order valence-electron chi connectivity index (χ3n) is 3.39. The molecule has 4 nitrogen and oxygen atoms in total. The Morgan fingerprint density at radius 2 is 1.68 bits per heavy atom. The fourth-order valence-corrected chi connectivity index (χ4v) is 2.43. The molecule has 0 saturated heterocycles. The van der Waals surface area contributed by atoms with Crippen molar-refractivity contribution in [1.29, 1.82) is 0 Å². The molecule has 0 radical (unpaired) electrons. The lowest BCUT2D eigenvalue weighted by Gasteiger charge is -2.27. The highest BCUT2D eigenvalue weighted by molar-refractivity contribution is 6.68. The molecule has 0 aliphatic carbocycles. The number of ether oxygens (including phenoxy) is 1. The van der Waals surface area contributed by atoms with Crippen molar-refractivity contribution < 1.29 is 9.53 Å². The number of alkyl halides is 3. The summed E-state index contributed by atoms with van der Waals surface area (Å²) in [6.07, 6.45) is -0.913. The summed E-state index contributed by atoms with van der Waals surface area (Å²) in [5.41, 5.74) is 2.23. The maximum atomic E-state index is 12.4. The summed E-state index contributed by atoms with van der Waals surface area (Å²) in [4.78, 5) is 12.4. The molecular formula is C18H19Cl3N2O2. The van der Waals surface area contributed by atoms with Crippen LogP contribution in [0.1, 0.15) is 22.8 Å². The van der Waals surface area contributed by atoms with Crippen molar-refractivity contribution in [2.45, 2.75) is 23.8 Å². The second kappa shape index (κ2) is 8.65. The summed E-state index contributed by atoms with van der Waals surface area (Å²) in [7, 11) is 0. The molecule has 0 spiro atoms. The SMILES string of the molecule is CCOc1ccc(N[C@H](NC(=O)c2ccc(C)cc2)C(Cl)(Cl)Cl)cc1. The quantitative estimate of drug-likeness (QED) is 0.533. The number of benzene rings is 2. The van der Waals surface area contributed by atoms with Crippen LogP contribution in [-0.4, -0.2) is 22.5 Å². The Morgan fingerprint density at radius 1 is 1.08 bits per heavy atom. The maximum absolute atomic E-state index is 12.4. The van der Waals surface area contributed by atoms with Crippen molar-refractivity contribution >= 4 is 46.4 Å². The molecule has 134 valence electrons. The minimum atomic E-state index is -1.74. The second-order valence-electron chi connectivity index (χ2n) is 5.42. The first-order chi connectivity index (χ1) is 11.8. The predicted molar refractivity (Wildman–Crippen MR) is 104 cm³/mol. The van der Waals surface area contributed by atoms with Gasteiger partial charge in [0.05, 0.1) is 6.61 Å². The van der Waals surface area contributed by atoms with E-state index in [4.69, 9.17) is 39.5 Å². The normalized spacial score (nSPS) is 12.4. The Hall–Kier alpha value is -1.62. The van der Waals surface area contributed by atoms with E-state index in [1.165, 1.54) is 0 Å². The molecule has 2 rings (SSSR count). The Morgan fingerprint density at radius 3 is 2.20 bits per heavy atom. The second-order valence-corrected chi connectivity index (χ2v) is 7.78. The van der Waals surface area contributed by atoms with E-state index in [0.717, 1.165) is 11.3 Å². The van der Waals surface area contributed by atoms with Gasteiger partial charge in [0, 0.05) is 11.3 Å². The minimum Gasteiger partial charge on any atom is -0.494 e. The van der Waals surface area contributed by atoms with Crippen LogP contribution >= 0.6 is 34.8 Å². The molecule has 0 saturated carbocycles. The average molecular weight is 402 g/mol. The van der Waals surface area contributed by atoms with Crippen LogP contribution in [0.25, 0.3) is 0 Å². The van der Waals surface area contributed by atoms with Gasteiger partial charge in [0.2, 0.25) is 3.79 Å². The lowest BCUT2D eigenvalue weighted by Crippen LogP contribution is -2.49. The Bertz CT molecular complexity index is 698. The molecule has 0 fully saturated rings. The number of aryl methyl sites for hydroxylation is 1. The first-order valence-corrected chi connectivity index (χ1v) is 8.86. The van der Waals surface area contributed by atoms with Gasteiger partial charge in [0.25, 0.3) is 5.91 Å². The van der Waals surface area contributed by atoms with Gasteiger partial charge in [-0.3, -0.25) is 4.79 Å². The summed E-state index contributed by atoms with van der Waals surface area (Å²) >= 11 is 18.0. The van der Waals surface area contributed by atoms with Crippen LogP contribution in [0.15, 0.2) is 48.5 Å². The molecule has 2 aromatic carbocycles. The van der Waals surface area contributed by atoms with Crippen LogP contribution in [0, 0.1) is 6.92 Å². The van der Waals surface area contributed by atoms with E-state index in [1.807, 2.05) is 26.0 Å². The average Bonchev–Trinajstić information content (AvgIpc) is 2.56. The largest absolute Gasteiger partial charge is 0.494 e. The number of hydrogen-bond donors (Lipinski definition) is 2. The lowest BCUT2D eigenvalue weighted by molar-refractivity contribution is 0.0942. The van der Waals surface area contributed by atoms with E-state index in [9.17, 15) is 4.79 Å². The topological polar surface area (TPSA) is 50.4 Å². The first kappa shape index (κ1) is 19.7. The number of carbonyl (C=O) groups excluding carboxylic acids is 1. The highest BCUT2D eigenvalue weighted by atomic mass is 35.6. The van der Waals surface area contributed by atoms with Gasteiger partial charge in [0.15, 0.2) is 0 Å². The van der Waals surface area contributed by atoms with Crippen LogP contribution < -0.4 is 15.4 Å². The van der Waals surface area contributed by atoms with E-state index in [2.05, 4.69) is 10.6 Å². The molecule has 0 aromatic heterocycles. The molecule has 2 aromatic rings. The van der Waals surface area contributed by atoms with Crippen molar-refractivity contribution in [3.8, 4) is 5.75 Å². The number of nitrogens with one attached hydrogen (secondary N) is 2. The Balaban J connectivity index is 2.10. The van der Waals surface area contributed by atoms with E-state index >= 15 is 0 Å². The number of halogens is 3. The van der Waals surface area contributed by atoms with Crippen molar-refractivity contribution in [3.63, 3.8) is 0 Å². The minimum absolute atomic E-state index is 0.338. The molecule has 25 heavy (non-hydrogen) atoms. The molecule has 0 aliphatic rings. The van der Waals surface area contributed by atoms with E-state index < -0.39 is 9.96 Å². The fraction of sp³-hybridized carbons (Fsp3) is 0.278. The Labute approximate surface area is 162 Å². The molecule has 0 unspecified atom stereocenters. The molecule has 1 atom stereocenters. The molecular weight excluding hydrogens is 383 g/mol. The van der Waals surface area contributed by atoms with Gasteiger partial charge in [-0.2, -0.15) is 0 Å². The highest BCUT2D eigenvalue weighted by Crippen LogP contribution is 2.31. The first-order valence-electron chi connectivity index (χ1n) is 7.73. The fourth-order valence-electron chi connectivity index (χ4n) is 2.10. The summed E-state index contributed by atoms with van der Waals surface area (Å²) < 4.78 is 3.65. The van der Waals surface area contributed by atoms with Gasteiger partial charge >= 0.3 is 0 Å². The van der Waals surface area contributed by atoms with Crippen LogP contribution in [0.5, 0.6) is 5.75 Å². The third-order valence-corrected chi connectivity index (χ3v) is 4.05. The molecule has 7 heteroatoms. The predicted octanol–water partition coefficient (Wildman–Crippen LogP) is 4.93. The standard InChI is InChI=1S/C18H19Cl3N2O2/c1-3-25-15-10-8-14(9-11-15)22-17(18(19,20)21)23-16(24)13-6-4-12(2)5-7-13/h4-11,17,22H,3H2,1-2H3,(H,23,24)/t17-/m1/s1. The zero-order chi connectivity index (χ0) is 18.4. The van der Waals surface area contributed by atoms with Crippen LogP contribution in [0.3, 0.4) is 0 Å². The summed E-state index contributed by atoms with van der Waals surface area (Å²) in [6.45, 7) is 4.43. The lowest BCUT2D eigenvalue weighted by atomic mass is 10.1. The smallest absolute Gasteiger partial charge is 0.252 e. The molecule has 1 amide bonds. The maximum Gasteiger partial charge on any atom is 0.252 e. The Kier molecular flexibility index (Phi) is 6.82. The number of hydrogen-bond acceptors (Lipinski definition) is 3. The summed E-state index contributed by atoms with van der Waals surface area (Å²) in [5.74, 6) is 0.400. The number of rotatable bonds is 6. The van der Waals surface area contributed by atoms with Crippen molar-refractivity contribution in [3.05, 3.63) is 59.7 Å². The van der Waals surface area contributed by atoms with Crippen molar-refractivity contribution in [1.82, 2.24) is 5.32 Å². The number of amides is 1. The van der Waals surface area contributed by atoms with Gasteiger partial charge < -0.3 is 15.4 Å². The highest BCUT2D eigenvalue weighted by Gasteiger charge is 2.34. The summed E-state index contributed by atoms with van der Waals surface area (Å²) in [5, 5.41) is 5.72. The number of anilines is 1. The monoisotopic (exact) mass is 400 g/mol. The number of carbonyl (C=O) groups is 1. The van der Waals surface area contributed by atoms with E-state index in [-0.39, 0.29) is 5.91 Å². The van der Waals surface area contributed by atoms with Crippen LogP contribution in [0.4, 0.5) is 5.69 Å². The third kappa shape index (κ3) is 5.99. The van der Waals surface area contributed by atoms with Gasteiger partial charge in [-0.25, -0.2) is 0 Å². The molecule has 2 N–H and O–H groups in total. The van der Waals surface area contributed by atoms with Gasteiger partial charge in [0.1, 0.15) is 11.9 Å². The zero-order valence-corrected chi connectivity index (χ0v) is 16.1. The van der Waals surface area contributed by atoms with E-state index in [1.54, 1.807) is 36.4 Å². The van der Waals surface area contributed by atoms with Gasteiger partial charge in [-0.1, -0.05) is 52.5 Å². The van der Waals surface area contributed by atoms with Crippen molar-refractivity contribution in [2.75, 3.05) is 11.9 Å². The summed E-state index contributed by atoms with van der Waals surface area (Å²) in [6, 6.07) is 14.3. The van der Waals surface area contributed by atoms with Crippen molar-refractivity contribution in [2.24, 2.45) is 0 Å². The van der Waals surface area contributed by atoms with Gasteiger partial charge in [-0.15, -0.1) is 0 Å². The molecule has 0 bridgehead atoms. The zero-order valence-electron chi connectivity index (χ0n) is 13.9. The van der Waals surface area contributed by atoms with Crippen LogP contribution in [-0.2, 0) is 0 Å². The van der Waals surface area contributed by atoms with E-state index in [0.29, 0.717) is 17.9 Å². The van der Waals surface area contributed by atoms with Gasteiger partial charge in [-0.05, 0) is 50.2 Å². The van der Waals surface area contributed by atoms with Crippen LogP contribution in [0.2, 0.25) is 0 Å². The molecule has 0 aliphatic heterocycles. The molecule has 0 heterocycles.